The molecule has 0 radical (unpaired) electrons. The SMILES string of the molecule is Cc1cccc(/C=C/NC(=O)NCCN2CCOCC2)c1. The summed E-state index contributed by atoms with van der Waals surface area (Å²) in [4.78, 5) is 13.9. The summed E-state index contributed by atoms with van der Waals surface area (Å²) in [5.41, 5.74) is 2.27. The highest BCUT2D eigenvalue weighted by Crippen LogP contribution is 2.04. The van der Waals surface area contributed by atoms with Gasteiger partial charge in [0.25, 0.3) is 0 Å². The number of carbonyl (C=O) groups is 1. The van der Waals surface area contributed by atoms with Crippen LogP contribution in [0.5, 0.6) is 0 Å². The molecular weight excluding hydrogens is 266 g/mol. The van der Waals surface area contributed by atoms with E-state index in [9.17, 15) is 4.79 Å². The van der Waals surface area contributed by atoms with E-state index in [0.29, 0.717) is 6.54 Å². The Morgan fingerprint density at radius 3 is 2.95 bits per heavy atom. The Balaban J connectivity index is 1.63. The lowest BCUT2D eigenvalue weighted by Gasteiger charge is -2.26. The zero-order valence-electron chi connectivity index (χ0n) is 12.5. The van der Waals surface area contributed by atoms with Crippen molar-refractivity contribution in [3.63, 3.8) is 0 Å². The number of nitrogens with zero attached hydrogens (tertiary/aromatic N) is 1. The van der Waals surface area contributed by atoms with Crippen LogP contribution in [0.2, 0.25) is 0 Å². The number of morpholine rings is 1. The van der Waals surface area contributed by atoms with Crippen molar-refractivity contribution in [1.29, 1.82) is 0 Å². The molecule has 0 aromatic heterocycles. The fraction of sp³-hybridized carbons (Fsp3) is 0.438. The van der Waals surface area contributed by atoms with Gasteiger partial charge >= 0.3 is 6.03 Å². The molecule has 1 aromatic carbocycles. The molecule has 2 N–H and O–H groups in total. The molecule has 0 bridgehead atoms. The highest BCUT2D eigenvalue weighted by Gasteiger charge is 2.09. The number of benzene rings is 1. The molecule has 0 atom stereocenters. The van der Waals surface area contributed by atoms with Crippen LogP contribution in [0.4, 0.5) is 4.79 Å². The van der Waals surface area contributed by atoms with Crippen molar-refractivity contribution in [2.45, 2.75) is 6.92 Å². The maximum atomic E-state index is 11.6. The number of carbonyl (C=O) groups excluding carboxylic acids is 1. The molecular formula is C16H23N3O2. The Labute approximate surface area is 126 Å². The van der Waals surface area contributed by atoms with Crippen molar-refractivity contribution in [2.24, 2.45) is 0 Å². The molecule has 5 nitrogen and oxygen atoms in total. The molecule has 2 amide bonds. The Morgan fingerprint density at radius 1 is 1.38 bits per heavy atom. The van der Waals surface area contributed by atoms with Gasteiger partial charge < -0.3 is 15.4 Å². The Bertz CT molecular complexity index is 482. The first-order valence-corrected chi connectivity index (χ1v) is 7.32. The van der Waals surface area contributed by atoms with Gasteiger partial charge in [-0.2, -0.15) is 0 Å². The van der Waals surface area contributed by atoms with Crippen molar-refractivity contribution in [1.82, 2.24) is 15.5 Å². The molecule has 1 aromatic rings. The zero-order chi connectivity index (χ0) is 14.9. The van der Waals surface area contributed by atoms with Crippen LogP contribution in [0.15, 0.2) is 30.5 Å². The minimum Gasteiger partial charge on any atom is -0.379 e. The lowest BCUT2D eigenvalue weighted by atomic mass is 10.1. The molecule has 0 aliphatic carbocycles. The minimum atomic E-state index is -0.174. The molecule has 0 unspecified atom stereocenters. The molecule has 1 fully saturated rings. The van der Waals surface area contributed by atoms with Crippen LogP contribution in [-0.2, 0) is 4.74 Å². The van der Waals surface area contributed by atoms with E-state index in [1.54, 1.807) is 6.20 Å². The molecule has 1 aliphatic heterocycles. The fourth-order valence-corrected chi connectivity index (χ4v) is 2.19. The number of hydrogen-bond donors (Lipinski definition) is 2. The number of rotatable bonds is 5. The van der Waals surface area contributed by atoms with E-state index < -0.39 is 0 Å². The van der Waals surface area contributed by atoms with Gasteiger partial charge in [0.05, 0.1) is 13.2 Å². The Hall–Kier alpha value is -1.85. The quantitative estimate of drug-likeness (QED) is 0.865. The molecule has 5 heteroatoms. The van der Waals surface area contributed by atoms with E-state index in [4.69, 9.17) is 4.74 Å². The smallest absolute Gasteiger partial charge is 0.318 e. The van der Waals surface area contributed by atoms with Gasteiger partial charge in [-0.05, 0) is 18.6 Å². The molecule has 1 heterocycles. The first-order chi connectivity index (χ1) is 10.2. The van der Waals surface area contributed by atoms with Crippen molar-refractivity contribution in [3.05, 3.63) is 41.6 Å². The maximum absolute atomic E-state index is 11.6. The van der Waals surface area contributed by atoms with Crippen LogP contribution in [-0.4, -0.2) is 50.3 Å². The van der Waals surface area contributed by atoms with Crippen LogP contribution in [0.1, 0.15) is 11.1 Å². The monoisotopic (exact) mass is 289 g/mol. The summed E-state index contributed by atoms with van der Waals surface area (Å²) in [5.74, 6) is 0. The van der Waals surface area contributed by atoms with Crippen LogP contribution >= 0.6 is 0 Å². The summed E-state index contributed by atoms with van der Waals surface area (Å²) < 4.78 is 5.28. The summed E-state index contributed by atoms with van der Waals surface area (Å²) in [7, 11) is 0. The molecule has 2 rings (SSSR count). The average Bonchev–Trinajstić information content (AvgIpc) is 2.48. The predicted octanol–water partition coefficient (Wildman–Crippen LogP) is 1.60. The van der Waals surface area contributed by atoms with Crippen molar-refractivity contribution >= 4 is 12.1 Å². The summed E-state index contributed by atoms with van der Waals surface area (Å²) in [5, 5.41) is 5.56. The van der Waals surface area contributed by atoms with E-state index in [1.807, 2.05) is 31.2 Å². The number of hydrogen-bond acceptors (Lipinski definition) is 3. The van der Waals surface area contributed by atoms with Crippen LogP contribution in [0.25, 0.3) is 6.08 Å². The van der Waals surface area contributed by atoms with Gasteiger partial charge in [0.15, 0.2) is 0 Å². The van der Waals surface area contributed by atoms with Gasteiger partial charge in [0, 0.05) is 32.4 Å². The second-order valence-electron chi connectivity index (χ2n) is 5.10. The lowest BCUT2D eigenvalue weighted by molar-refractivity contribution is 0.0387. The van der Waals surface area contributed by atoms with E-state index in [2.05, 4.69) is 21.6 Å². The number of urea groups is 1. The van der Waals surface area contributed by atoms with E-state index in [-0.39, 0.29) is 6.03 Å². The van der Waals surface area contributed by atoms with Crippen LogP contribution in [0, 0.1) is 6.92 Å². The first kappa shape index (κ1) is 15.5. The lowest BCUT2D eigenvalue weighted by Crippen LogP contribution is -2.42. The third-order valence-electron chi connectivity index (χ3n) is 3.35. The topological polar surface area (TPSA) is 53.6 Å². The van der Waals surface area contributed by atoms with Crippen molar-refractivity contribution < 1.29 is 9.53 Å². The number of aryl methyl sites for hydroxylation is 1. The fourth-order valence-electron chi connectivity index (χ4n) is 2.19. The summed E-state index contributed by atoms with van der Waals surface area (Å²) >= 11 is 0. The highest BCUT2D eigenvalue weighted by molar-refractivity contribution is 5.75. The largest absolute Gasteiger partial charge is 0.379 e. The molecule has 0 saturated carbocycles. The van der Waals surface area contributed by atoms with Gasteiger partial charge in [-0.25, -0.2) is 4.79 Å². The summed E-state index contributed by atoms with van der Waals surface area (Å²) in [6, 6.07) is 7.93. The van der Waals surface area contributed by atoms with Crippen LogP contribution < -0.4 is 10.6 Å². The van der Waals surface area contributed by atoms with Gasteiger partial charge in [-0.15, -0.1) is 0 Å². The number of amides is 2. The van der Waals surface area contributed by atoms with Crippen LogP contribution in [0.3, 0.4) is 0 Å². The van der Waals surface area contributed by atoms with E-state index in [0.717, 1.165) is 38.4 Å². The Kier molecular flexibility index (Phi) is 6.24. The highest BCUT2D eigenvalue weighted by atomic mass is 16.5. The third-order valence-corrected chi connectivity index (χ3v) is 3.35. The number of nitrogens with one attached hydrogen (secondary N) is 2. The molecule has 0 spiro atoms. The standard InChI is InChI=1S/C16H23N3O2/c1-14-3-2-4-15(13-14)5-6-17-16(20)18-7-8-19-9-11-21-12-10-19/h2-6,13H,7-12H2,1H3,(H2,17,18,20)/b6-5+. The minimum absolute atomic E-state index is 0.174. The third kappa shape index (κ3) is 5.97. The second kappa shape index (κ2) is 8.44. The molecule has 21 heavy (non-hydrogen) atoms. The van der Waals surface area contributed by atoms with Crippen molar-refractivity contribution in [2.75, 3.05) is 39.4 Å². The van der Waals surface area contributed by atoms with Crippen molar-refractivity contribution in [3.8, 4) is 0 Å². The summed E-state index contributed by atoms with van der Waals surface area (Å²) in [6.45, 7) is 7.00. The van der Waals surface area contributed by atoms with Gasteiger partial charge in [-0.1, -0.05) is 29.8 Å². The van der Waals surface area contributed by atoms with E-state index >= 15 is 0 Å². The number of ether oxygens (including phenoxy) is 1. The second-order valence-corrected chi connectivity index (χ2v) is 5.10. The van der Waals surface area contributed by atoms with Gasteiger partial charge in [0.2, 0.25) is 0 Å². The first-order valence-electron chi connectivity index (χ1n) is 7.32. The Morgan fingerprint density at radius 2 is 2.19 bits per heavy atom. The van der Waals surface area contributed by atoms with Gasteiger partial charge in [0.1, 0.15) is 0 Å². The molecule has 1 aliphatic rings. The predicted molar refractivity (Wildman–Crippen MR) is 84.0 cm³/mol. The molecule has 114 valence electrons. The average molecular weight is 289 g/mol. The maximum Gasteiger partial charge on any atom is 0.318 e. The normalized spacial score (nSPS) is 16.0. The summed E-state index contributed by atoms with van der Waals surface area (Å²) in [6.07, 6.45) is 3.55. The van der Waals surface area contributed by atoms with Gasteiger partial charge in [-0.3, -0.25) is 4.90 Å². The molecule has 1 saturated heterocycles. The van der Waals surface area contributed by atoms with E-state index in [1.165, 1.54) is 5.56 Å². The zero-order valence-corrected chi connectivity index (χ0v) is 12.5.